The Balaban J connectivity index is 2.46. The standard InChI is InChI=1S/C16H20N2O3/c1-4-11-21-14-8-5-13(6-9-14)7-10-15(19)17-12-16(20)18(2)3/h4-10H,1,11-12H2,2-3H3,(H,17,19)/b10-7+. The van der Waals surface area contributed by atoms with Crippen molar-refractivity contribution in [2.75, 3.05) is 27.2 Å². The second-order valence-corrected chi connectivity index (χ2v) is 4.51. The van der Waals surface area contributed by atoms with Crippen LogP contribution < -0.4 is 10.1 Å². The van der Waals surface area contributed by atoms with Crippen molar-refractivity contribution in [2.24, 2.45) is 0 Å². The van der Waals surface area contributed by atoms with Crippen LogP contribution in [0, 0.1) is 0 Å². The number of hydrogen-bond acceptors (Lipinski definition) is 3. The molecule has 0 aliphatic rings. The molecule has 0 bridgehead atoms. The van der Waals surface area contributed by atoms with Crippen molar-refractivity contribution in [2.45, 2.75) is 0 Å². The maximum atomic E-state index is 11.5. The minimum Gasteiger partial charge on any atom is -0.490 e. The van der Waals surface area contributed by atoms with Gasteiger partial charge in [-0.2, -0.15) is 0 Å². The van der Waals surface area contributed by atoms with Gasteiger partial charge in [-0.05, 0) is 23.8 Å². The van der Waals surface area contributed by atoms with Gasteiger partial charge in [-0.25, -0.2) is 0 Å². The molecule has 0 aromatic heterocycles. The summed E-state index contributed by atoms with van der Waals surface area (Å²) < 4.78 is 5.36. The predicted molar refractivity (Wildman–Crippen MR) is 82.9 cm³/mol. The normalized spacial score (nSPS) is 10.2. The Bertz CT molecular complexity index is 519. The van der Waals surface area contributed by atoms with Gasteiger partial charge >= 0.3 is 0 Å². The molecule has 0 aliphatic carbocycles. The monoisotopic (exact) mass is 288 g/mol. The van der Waals surface area contributed by atoms with Crippen LogP contribution in [0.15, 0.2) is 43.0 Å². The highest BCUT2D eigenvalue weighted by Crippen LogP contribution is 2.13. The highest BCUT2D eigenvalue weighted by Gasteiger charge is 2.04. The molecule has 0 atom stereocenters. The molecule has 0 saturated carbocycles. The number of amides is 2. The lowest BCUT2D eigenvalue weighted by Gasteiger charge is -2.09. The van der Waals surface area contributed by atoms with Crippen LogP contribution in [0.2, 0.25) is 0 Å². The number of nitrogens with zero attached hydrogens (tertiary/aromatic N) is 1. The van der Waals surface area contributed by atoms with Gasteiger partial charge < -0.3 is 15.0 Å². The highest BCUT2D eigenvalue weighted by atomic mass is 16.5. The van der Waals surface area contributed by atoms with Crippen LogP contribution in [-0.2, 0) is 9.59 Å². The minimum atomic E-state index is -0.308. The van der Waals surface area contributed by atoms with Gasteiger partial charge in [0.25, 0.3) is 0 Å². The third-order valence-corrected chi connectivity index (χ3v) is 2.59. The van der Waals surface area contributed by atoms with Crippen LogP contribution in [0.4, 0.5) is 0 Å². The van der Waals surface area contributed by atoms with Crippen molar-refractivity contribution in [3.63, 3.8) is 0 Å². The molecular weight excluding hydrogens is 268 g/mol. The largest absolute Gasteiger partial charge is 0.490 e. The van der Waals surface area contributed by atoms with Gasteiger partial charge in [0.1, 0.15) is 12.4 Å². The molecule has 0 saturated heterocycles. The van der Waals surface area contributed by atoms with Gasteiger partial charge in [0.2, 0.25) is 11.8 Å². The van der Waals surface area contributed by atoms with Gasteiger partial charge in [0.05, 0.1) is 6.54 Å². The average molecular weight is 288 g/mol. The van der Waals surface area contributed by atoms with Crippen molar-refractivity contribution in [1.29, 1.82) is 0 Å². The van der Waals surface area contributed by atoms with Crippen LogP contribution in [-0.4, -0.2) is 44.0 Å². The topological polar surface area (TPSA) is 58.6 Å². The molecule has 1 aromatic rings. The molecule has 0 radical (unpaired) electrons. The van der Waals surface area contributed by atoms with Gasteiger partial charge in [-0.3, -0.25) is 9.59 Å². The molecule has 2 amide bonds. The van der Waals surface area contributed by atoms with Gasteiger partial charge in [0.15, 0.2) is 0 Å². The Morgan fingerprint density at radius 1 is 1.29 bits per heavy atom. The maximum absolute atomic E-state index is 11.5. The second-order valence-electron chi connectivity index (χ2n) is 4.51. The third-order valence-electron chi connectivity index (χ3n) is 2.59. The second kappa shape index (κ2) is 8.58. The summed E-state index contributed by atoms with van der Waals surface area (Å²) in [5.41, 5.74) is 0.870. The van der Waals surface area contributed by atoms with E-state index in [1.54, 1.807) is 26.2 Å². The number of carbonyl (C=O) groups excluding carboxylic acids is 2. The predicted octanol–water partition coefficient (Wildman–Crippen LogP) is 1.47. The summed E-state index contributed by atoms with van der Waals surface area (Å²) in [5.74, 6) is 0.283. The van der Waals surface area contributed by atoms with E-state index in [4.69, 9.17) is 4.74 Å². The molecule has 5 heteroatoms. The zero-order valence-corrected chi connectivity index (χ0v) is 12.3. The fourth-order valence-electron chi connectivity index (χ4n) is 1.38. The van der Waals surface area contributed by atoms with E-state index in [1.165, 1.54) is 11.0 Å². The Labute approximate surface area is 124 Å². The molecule has 21 heavy (non-hydrogen) atoms. The molecule has 0 spiro atoms. The molecule has 112 valence electrons. The van der Waals surface area contributed by atoms with E-state index in [2.05, 4.69) is 11.9 Å². The van der Waals surface area contributed by atoms with Crippen LogP contribution in [0.5, 0.6) is 5.75 Å². The maximum Gasteiger partial charge on any atom is 0.244 e. The zero-order chi connectivity index (χ0) is 15.7. The summed E-state index contributed by atoms with van der Waals surface area (Å²) in [7, 11) is 3.28. The van der Waals surface area contributed by atoms with Crippen molar-refractivity contribution < 1.29 is 14.3 Å². The van der Waals surface area contributed by atoms with Crippen LogP contribution in [0.3, 0.4) is 0 Å². The van der Waals surface area contributed by atoms with E-state index in [-0.39, 0.29) is 18.4 Å². The van der Waals surface area contributed by atoms with Gasteiger partial charge in [-0.1, -0.05) is 24.8 Å². The summed E-state index contributed by atoms with van der Waals surface area (Å²) in [6, 6.07) is 7.31. The number of nitrogens with one attached hydrogen (secondary N) is 1. The summed E-state index contributed by atoms with van der Waals surface area (Å²) in [5, 5.41) is 2.52. The van der Waals surface area contributed by atoms with E-state index < -0.39 is 0 Å². The first-order valence-corrected chi connectivity index (χ1v) is 6.52. The van der Waals surface area contributed by atoms with E-state index in [0.717, 1.165) is 11.3 Å². The lowest BCUT2D eigenvalue weighted by atomic mass is 10.2. The number of carbonyl (C=O) groups is 2. The Morgan fingerprint density at radius 2 is 1.95 bits per heavy atom. The lowest BCUT2D eigenvalue weighted by Crippen LogP contribution is -2.35. The molecule has 1 N–H and O–H groups in total. The summed E-state index contributed by atoms with van der Waals surface area (Å²) >= 11 is 0. The van der Waals surface area contributed by atoms with Crippen LogP contribution in [0.25, 0.3) is 6.08 Å². The minimum absolute atomic E-state index is 0.00942. The highest BCUT2D eigenvalue weighted by molar-refractivity contribution is 5.94. The Kier molecular flexibility index (Phi) is 6.74. The van der Waals surface area contributed by atoms with Crippen molar-refractivity contribution in [3.05, 3.63) is 48.6 Å². The third kappa shape index (κ3) is 6.42. The molecular formula is C16H20N2O3. The lowest BCUT2D eigenvalue weighted by molar-refractivity contribution is -0.129. The number of benzene rings is 1. The first-order valence-electron chi connectivity index (χ1n) is 6.52. The first-order chi connectivity index (χ1) is 10.0. The molecule has 0 aliphatic heterocycles. The quantitative estimate of drug-likeness (QED) is 0.610. The first kappa shape index (κ1) is 16.5. The number of likely N-dealkylation sites (N-methyl/N-ethyl adjacent to an activating group) is 1. The van der Waals surface area contributed by atoms with E-state index in [9.17, 15) is 9.59 Å². The molecule has 0 heterocycles. The SMILES string of the molecule is C=CCOc1ccc(/C=C/C(=O)NCC(=O)N(C)C)cc1. The van der Waals surface area contributed by atoms with Crippen LogP contribution >= 0.6 is 0 Å². The van der Waals surface area contributed by atoms with Crippen molar-refractivity contribution in [3.8, 4) is 5.75 Å². The smallest absolute Gasteiger partial charge is 0.244 e. The number of rotatable bonds is 7. The zero-order valence-electron chi connectivity index (χ0n) is 12.3. The molecule has 5 nitrogen and oxygen atoms in total. The fourth-order valence-corrected chi connectivity index (χ4v) is 1.38. The summed E-state index contributed by atoms with van der Waals surface area (Å²) in [6.07, 6.45) is 4.74. The molecule has 0 fully saturated rings. The van der Waals surface area contributed by atoms with Gasteiger partial charge in [-0.15, -0.1) is 0 Å². The molecule has 0 unspecified atom stereocenters. The van der Waals surface area contributed by atoms with Crippen LogP contribution in [0.1, 0.15) is 5.56 Å². The van der Waals surface area contributed by atoms with Gasteiger partial charge in [0, 0.05) is 20.2 Å². The van der Waals surface area contributed by atoms with E-state index in [1.807, 2.05) is 24.3 Å². The Hall–Kier alpha value is -2.56. The van der Waals surface area contributed by atoms with Crippen molar-refractivity contribution >= 4 is 17.9 Å². The summed E-state index contributed by atoms with van der Waals surface area (Å²) in [4.78, 5) is 24.3. The summed E-state index contributed by atoms with van der Waals surface area (Å²) in [6.45, 7) is 4.02. The average Bonchev–Trinajstić information content (AvgIpc) is 2.49. The molecule has 1 rings (SSSR count). The number of ether oxygens (including phenoxy) is 1. The number of hydrogen-bond donors (Lipinski definition) is 1. The molecule has 1 aromatic carbocycles. The van der Waals surface area contributed by atoms with E-state index >= 15 is 0 Å². The fraction of sp³-hybridized carbons (Fsp3) is 0.250. The van der Waals surface area contributed by atoms with E-state index in [0.29, 0.717) is 6.61 Å². The Morgan fingerprint density at radius 3 is 2.52 bits per heavy atom. The van der Waals surface area contributed by atoms with Crippen molar-refractivity contribution in [1.82, 2.24) is 10.2 Å².